The molecule has 3 aromatic rings. The highest BCUT2D eigenvalue weighted by Crippen LogP contribution is 2.26. The van der Waals surface area contributed by atoms with Crippen LogP contribution in [0.2, 0.25) is 0 Å². The third-order valence-corrected chi connectivity index (χ3v) is 2.83. The van der Waals surface area contributed by atoms with E-state index in [9.17, 15) is 4.79 Å². The molecule has 0 fully saturated rings. The van der Waals surface area contributed by atoms with E-state index in [0.717, 1.165) is 5.56 Å². The molecule has 0 saturated carbocycles. The van der Waals surface area contributed by atoms with Crippen molar-refractivity contribution in [3.05, 3.63) is 60.2 Å². The Morgan fingerprint density at radius 3 is 2.30 bits per heavy atom. The zero-order valence-electron chi connectivity index (χ0n) is 10.4. The Hall–Kier alpha value is -2.95. The smallest absolute Gasteiger partial charge is 0.336 e. The molecule has 2 aromatic carbocycles. The average Bonchev–Trinajstić information content (AvgIpc) is 2.98. The molecule has 5 heteroatoms. The first-order valence-electron chi connectivity index (χ1n) is 5.97. The Bertz CT molecular complexity index is 751. The predicted molar refractivity (Wildman–Crippen MR) is 72.1 cm³/mol. The average molecular weight is 266 g/mol. The first kappa shape index (κ1) is 12.1. The van der Waals surface area contributed by atoms with E-state index in [0.29, 0.717) is 11.5 Å². The summed E-state index contributed by atoms with van der Waals surface area (Å²) < 4.78 is 5.56. The standard InChI is InChI=1S/C15H10N2O3/c18-15(19)12-9-5-4-8-11(12)14-17-16-13(20-14)10-6-2-1-3-7-10/h1-9H,(H,18,19). The van der Waals surface area contributed by atoms with E-state index in [4.69, 9.17) is 9.52 Å². The summed E-state index contributed by atoms with van der Waals surface area (Å²) in [6.45, 7) is 0. The normalized spacial score (nSPS) is 10.4. The number of carboxylic acid groups (broad SMARTS) is 1. The van der Waals surface area contributed by atoms with Crippen LogP contribution in [0.4, 0.5) is 0 Å². The molecule has 0 radical (unpaired) electrons. The zero-order chi connectivity index (χ0) is 13.9. The van der Waals surface area contributed by atoms with Gasteiger partial charge >= 0.3 is 5.97 Å². The molecule has 0 aliphatic heterocycles. The quantitative estimate of drug-likeness (QED) is 0.788. The molecule has 20 heavy (non-hydrogen) atoms. The van der Waals surface area contributed by atoms with Gasteiger partial charge in [0.05, 0.1) is 11.1 Å². The molecule has 1 N–H and O–H groups in total. The van der Waals surface area contributed by atoms with Crippen molar-refractivity contribution in [3.8, 4) is 22.9 Å². The molecule has 0 aliphatic rings. The lowest BCUT2D eigenvalue weighted by Crippen LogP contribution is -1.98. The maximum absolute atomic E-state index is 11.2. The molecule has 0 spiro atoms. The number of carbonyl (C=O) groups is 1. The number of hydrogen-bond acceptors (Lipinski definition) is 4. The molecule has 1 aromatic heterocycles. The lowest BCUT2D eigenvalue weighted by molar-refractivity contribution is 0.0697. The van der Waals surface area contributed by atoms with Gasteiger partial charge in [0, 0.05) is 5.56 Å². The molecule has 1 heterocycles. The maximum atomic E-state index is 11.2. The third-order valence-electron chi connectivity index (χ3n) is 2.83. The van der Waals surface area contributed by atoms with Gasteiger partial charge in [-0.05, 0) is 24.3 Å². The van der Waals surface area contributed by atoms with E-state index in [2.05, 4.69) is 10.2 Å². The van der Waals surface area contributed by atoms with E-state index in [1.807, 2.05) is 30.3 Å². The molecule has 0 amide bonds. The van der Waals surface area contributed by atoms with Crippen molar-refractivity contribution in [3.63, 3.8) is 0 Å². The van der Waals surface area contributed by atoms with Crippen molar-refractivity contribution in [2.45, 2.75) is 0 Å². The van der Waals surface area contributed by atoms with E-state index in [1.54, 1.807) is 18.2 Å². The topological polar surface area (TPSA) is 76.2 Å². The summed E-state index contributed by atoms with van der Waals surface area (Å²) in [5, 5.41) is 17.0. The number of nitrogens with zero attached hydrogens (tertiary/aromatic N) is 2. The van der Waals surface area contributed by atoms with Crippen LogP contribution in [0, 0.1) is 0 Å². The predicted octanol–water partition coefficient (Wildman–Crippen LogP) is 3.10. The largest absolute Gasteiger partial charge is 0.478 e. The van der Waals surface area contributed by atoms with E-state index in [1.165, 1.54) is 6.07 Å². The second-order valence-corrected chi connectivity index (χ2v) is 4.13. The molecule has 98 valence electrons. The molecule has 0 saturated heterocycles. The minimum absolute atomic E-state index is 0.135. The lowest BCUT2D eigenvalue weighted by Gasteiger charge is -2.00. The van der Waals surface area contributed by atoms with Gasteiger partial charge in [0.2, 0.25) is 11.8 Å². The number of aromatic nitrogens is 2. The third kappa shape index (κ3) is 2.16. The van der Waals surface area contributed by atoms with Gasteiger partial charge in [-0.25, -0.2) is 4.79 Å². The van der Waals surface area contributed by atoms with Crippen LogP contribution in [-0.2, 0) is 0 Å². The first-order chi connectivity index (χ1) is 9.75. The van der Waals surface area contributed by atoms with E-state index >= 15 is 0 Å². The maximum Gasteiger partial charge on any atom is 0.336 e. The van der Waals surface area contributed by atoms with Crippen molar-refractivity contribution >= 4 is 5.97 Å². The van der Waals surface area contributed by atoms with Gasteiger partial charge in [0.15, 0.2) is 0 Å². The van der Waals surface area contributed by atoms with Gasteiger partial charge < -0.3 is 9.52 Å². The van der Waals surface area contributed by atoms with Gasteiger partial charge in [-0.3, -0.25) is 0 Å². The summed E-state index contributed by atoms with van der Waals surface area (Å²) in [5.74, 6) is -0.470. The minimum Gasteiger partial charge on any atom is -0.478 e. The molecule has 0 atom stereocenters. The molecule has 0 bridgehead atoms. The van der Waals surface area contributed by atoms with Crippen molar-refractivity contribution in [2.24, 2.45) is 0 Å². The lowest BCUT2D eigenvalue weighted by atomic mass is 10.1. The number of hydrogen-bond donors (Lipinski definition) is 1. The fourth-order valence-corrected chi connectivity index (χ4v) is 1.89. The Morgan fingerprint density at radius 2 is 1.55 bits per heavy atom. The van der Waals surface area contributed by atoms with E-state index in [-0.39, 0.29) is 11.5 Å². The molecular formula is C15H10N2O3. The summed E-state index contributed by atoms with van der Waals surface area (Å²) in [7, 11) is 0. The van der Waals surface area contributed by atoms with Crippen LogP contribution in [0.25, 0.3) is 22.9 Å². The highest BCUT2D eigenvalue weighted by atomic mass is 16.4. The number of benzene rings is 2. The van der Waals surface area contributed by atoms with Crippen molar-refractivity contribution in [1.82, 2.24) is 10.2 Å². The fraction of sp³-hybridized carbons (Fsp3) is 0. The zero-order valence-corrected chi connectivity index (χ0v) is 10.4. The monoisotopic (exact) mass is 266 g/mol. The van der Waals surface area contributed by atoms with Crippen LogP contribution in [0.5, 0.6) is 0 Å². The molecule has 0 unspecified atom stereocenters. The number of aromatic carboxylic acids is 1. The van der Waals surface area contributed by atoms with Crippen LogP contribution >= 0.6 is 0 Å². The van der Waals surface area contributed by atoms with Gasteiger partial charge in [0.25, 0.3) is 0 Å². The van der Waals surface area contributed by atoms with E-state index < -0.39 is 5.97 Å². The van der Waals surface area contributed by atoms with Crippen molar-refractivity contribution < 1.29 is 14.3 Å². The second-order valence-electron chi connectivity index (χ2n) is 4.13. The highest BCUT2D eigenvalue weighted by Gasteiger charge is 2.16. The van der Waals surface area contributed by atoms with Crippen LogP contribution < -0.4 is 0 Å². The van der Waals surface area contributed by atoms with Crippen molar-refractivity contribution in [2.75, 3.05) is 0 Å². The molecule has 0 aliphatic carbocycles. The van der Waals surface area contributed by atoms with Crippen LogP contribution in [0.3, 0.4) is 0 Å². The second kappa shape index (κ2) is 4.97. The highest BCUT2D eigenvalue weighted by molar-refractivity contribution is 5.94. The fourth-order valence-electron chi connectivity index (χ4n) is 1.89. The SMILES string of the molecule is O=C(O)c1ccccc1-c1nnc(-c2ccccc2)o1. The number of carboxylic acids is 1. The Labute approximate surface area is 114 Å². The Morgan fingerprint density at radius 1 is 0.900 bits per heavy atom. The van der Waals surface area contributed by atoms with Gasteiger partial charge in [-0.2, -0.15) is 0 Å². The van der Waals surface area contributed by atoms with Crippen LogP contribution in [0.1, 0.15) is 10.4 Å². The summed E-state index contributed by atoms with van der Waals surface area (Å²) in [6.07, 6.45) is 0. The summed E-state index contributed by atoms with van der Waals surface area (Å²) in [6, 6.07) is 15.8. The molecular weight excluding hydrogens is 256 g/mol. The summed E-state index contributed by atoms with van der Waals surface area (Å²) in [5.41, 5.74) is 1.34. The summed E-state index contributed by atoms with van der Waals surface area (Å²) >= 11 is 0. The summed E-state index contributed by atoms with van der Waals surface area (Å²) in [4.78, 5) is 11.2. The Kier molecular flexibility index (Phi) is 3.01. The van der Waals surface area contributed by atoms with Gasteiger partial charge in [-0.1, -0.05) is 30.3 Å². The Balaban J connectivity index is 2.05. The van der Waals surface area contributed by atoms with Gasteiger partial charge in [-0.15, -0.1) is 10.2 Å². The first-order valence-corrected chi connectivity index (χ1v) is 5.97. The molecule has 3 rings (SSSR count). The van der Waals surface area contributed by atoms with Gasteiger partial charge in [0.1, 0.15) is 0 Å². The minimum atomic E-state index is -1.03. The van der Waals surface area contributed by atoms with Crippen molar-refractivity contribution in [1.29, 1.82) is 0 Å². The molecule has 5 nitrogen and oxygen atoms in total. The van der Waals surface area contributed by atoms with Crippen LogP contribution in [0.15, 0.2) is 59.0 Å². The van der Waals surface area contributed by atoms with Crippen LogP contribution in [-0.4, -0.2) is 21.3 Å². The number of rotatable bonds is 3.